The quantitative estimate of drug-likeness (QED) is 0.604. The first-order chi connectivity index (χ1) is 14.7. The Hall–Kier alpha value is -3.75. The summed E-state index contributed by atoms with van der Waals surface area (Å²) in [5, 5.41) is 9.73. The molecule has 8 nitrogen and oxygen atoms in total. The fourth-order valence-corrected chi connectivity index (χ4v) is 3.10. The van der Waals surface area contributed by atoms with E-state index in [-0.39, 0.29) is 36.4 Å². The van der Waals surface area contributed by atoms with Gasteiger partial charge in [-0.15, -0.1) is 0 Å². The van der Waals surface area contributed by atoms with Gasteiger partial charge in [0.2, 0.25) is 5.91 Å². The Balaban J connectivity index is 1.64. The molecule has 2 amide bonds. The van der Waals surface area contributed by atoms with Crippen LogP contribution in [0.2, 0.25) is 0 Å². The topological polar surface area (TPSA) is 98.0 Å². The summed E-state index contributed by atoms with van der Waals surface area (Å²) in [7, 11) is 1.82. The highest BCUT2D eigenvalue weighted by Crippen LogP contribution is 2.16. The SMILES string of the molecule is Cc1c([C@H](C)NC(=O)c2ccc(=O)n(CC(=O)NCc3ccc(F)cc3)c2)cnn1C. The summed E-state index contributed by atoms with van der Waals surface area (Å²) in [5.41, 5.74) is 2.43. The molecule has 31 heavy (non-hydrogen) atoms. The van der Waals surface area contributed by atoms with E-state index in [2.05, 4.69) is 15.7 Å². The van der Waals surface area contributed by atoms with Crippen LogP contribution in [0, 0.1) is 12.7 Å². The molecule has 0 radical (unpaired) electrons. The van der Waals surface area contributed by atoms with Crippen molar-refractivity contribution >= 4 is 11.8 Å². The molecule has 2 heterocycles. The van der Waals surface area contributed by atoms with Gasteiger partial charge >= 0.3 is 0 Å². The number of carbonyl (C=O) groups is 2. The van der Waals surface area contributed by atoms with Crippen molar-refractivity contribution in [2.75, 3.05) is 0 Å². The molecule has 1 aromatic carbocycles. The van der Waals surface area contributed by atoms with Crippen molar-refractivity contribution in [1.29, 1.82) is 0 Å². The van der Waals surface area contributed by atoms with E-state index in [0.29, 0.717) is 0 Å². The van der Waals surface area contributed by atoms with E-state index in [4.69, 9.17) is 0 Å². The lowest BCUT2D eigenvalue weighted by atomic mass is 10.1. The zero-order valence-electron chi connectivity index (χ0n) is 17.6. The van der Waals surface area contributed by atoms with Gasteiger partial charge in [-0.05, 0) is 37.6 Å². The zero-order chi connectivity index (χ0) is 22.5. The van der Waals surface area contributed by atoms with Gasteiger partial charge in [-0.3, -0.25) is 19.1 Å². The fourth-order valence-electron chi connectivity index (χ4n) is 3.10. The molecule has 0 spiro atoms. The highest BCUT2D eigenvalue weighted by atomic mass is 19.1. The molecule has 0 saturated heterocycles. The van der Waals surface area contributed by atoms with Gasteiger partial charge in [0, 0.05) is 37.1 Å². The maximum absolute atomic E-state index is 13.0. The maximum Gasteiger partial charge on any atom is 0.253 e. The molecule has 0 aliphatic rings. The number of carbonyl (C=O) groups excluding carboxylic acids is 2. The maximum atomic E-state index is 13.0. The number of benzene rings is 1. The Bertz CT molecular complexity index is 1150. The first-order valence-corrected chi connectivity index (χ1v) is 9.75. The van der Waals surface area contributed by atoms with Crippen molar-refractivity contribution in [1.82, 2.24) is 25.0 Å². The molecule has 0 saturated carbocycles. The number of nitrogens with zero attached hydrogens (tertiary/aromatic N) is 3. The van der Waals surface area contributed by atoms with Gasteiger partial charge < -0.3 is 15.2 Å². The van der Waals surface area contributed by atoms with Crippen molar-refractivity contribution in [2.45, 2.75) is 33.0 Å². The van der Waals surface area contributed by atoms with Crippen LogP contribution in [-0.4, -0.2) is 26.2 Å². The van der Waals surface area contributed by atoms with Crippen LogP contribution in [0.5, 0.6) is 0 Å². The van der Waals surface area contributed by atoms with Crippen molar-refractivity contribution in [2.24, 2.45) is 7.05 Å². The van der Waals surface area contributed by atoms with Crippen LogP contribution in [0.1, 0.15) is 40.1 Å². The number of amides is 2. The third-order valence-corrected chi connectivity index (χ3v) is 5.05. The number of pyridine rings is 1. The lowest BCUT2D eigenvalue weighted by molar-refractivity contribution is -0.121. The van der Waals surface area contributed by atoms with Crippen molar-refractivity contribution in [3.8, 4) is 0 Å². The van der Waals surface area contributed by atoms with Crippen LogP contribution in [0.3, 0.4) is 0 Å². The molecule has 162 valence electrons. The molecule has 0 aliphatic heterocycles. The Morgan fingerprint density at radius 3 is 2.52 bits per heavy atom. The number of rotatable bonds is 7. The molecule has 2 aromatic heterocycles. The zero-order valence-corrected chi connectivity index (χ0v) is 17.6. The number of aryl methyl sites for hydroxylation is 1. The summed E-state index contributed by atoms with van der Waals surface area (Å²) in [5.74, 6) is -1.12. The minimum absolute atomic E-state index is 0.204. The molecule has 9 heteroatoms. The summed E-state index contributed by atoms with van der Waals surface area (Å²) < 4.78 is 15.9. The minimum atomic E-state index is -0.400. The van der Waals surface area contributed by atoms with Crippen LogP contribution in [0.15, 0.2) is 53.6 Å². The molecule has 0 aliphatic carbocycles. The van der Waals surface area contributed by atoms with E-state index < -0.39 is 11.5 Å². The lowest BCUT2D eigenvalue weighted by Crippen LogP contribution is -2.33. The highest BCUT2D eigenvalue weighted by Gasteiger charge is 2.16. The van der Waals surface area contributed by atoms with E-state index in [1.54, 1.807) is 23.0 Å². The number of hydrogen-bond acceptors (Lipinski definition) is 4. The molecule has 0 fully saturated rings. The largest absolute Gasteiger partial charge is 0.350 e. The second-order valence-corrected chi connectivity index (χ2v) is 7.29. The standard InChI is InChI=1S/C22H24FN5O3/c1-14(19-11-25-27(3)15(19)2)26-22(31)17-6-9-21(30)28(12-17)13-20(29)24-10-16-4-7-18(23)8-5-16/h4-9,11-12,14H,10,13H2,1-3H3,(H,24,29)(H,26,31)/t14-/m0/s1. The van der Waals surface area contributed by atoms with Gasteiger partial charge in [-0.1, -0.05) is 12.1 Å². The molecule has 0 unspecified atom stereocenters. The summed E-state index contributed by atoms with van der Waals surface area (Å²) in [6, 6.07) is 8.15. The average Bonchev–Trinajstić information content (AvgIpc) is 3.07. The van der Waals surface area contributed by atoms with Crippen LogP contribution < -0.4 is 16.2 Å². The second kappa shape index (κ2) is 9.38. The van der Waals surface area contributed by atoms with Crippen LogP contribution in [-0.2, 0) is 24.9 Å². The number of nitrogens with one attached hydrogen (secondary N) is 2. The van der Waals surface area contributed by atoms with Gasteiger partial charge in [0.25, 0.3) is 11.5 Å². The van der Waals surface area contributed by atoms with E-state index in [0.717, 1.165) is 16.8 Å². The predicted octanol–water partition coefficient (Wildman–Crippen LogP) is 1.84. The van der Waals surface area contributed by atoms with Crippen molar-refractivity contribution in [3.05, 3.63) is 87.3 Å². The monoisotopic (exact) mass is 425 g/mol. The van der Waals surface area contributed by atoms with Crippen LogP contribution in [0.4, 0.5) is 4.39 Å². The number of aromatic nitrogens is 3. The van der Waals surface area contributed by atoms with Gasteiger partial charge in [0.05, 0.1) is 17.8 Å². The van der Waals surface area contributed by atoms with Crippen LogP contribution >= 0.6 is 0 Å². The second-order valence-electron chi connectivity index (χ2n) is 7.29. The normalized spacial score (nSPS) is 11.7. The minimum Gasteiger partial charge on any atom is -0.350 e. The highest BCUT2D eigenvalue weighted by molar-refractivity contribution is 5.94. The summed E-state index contributed by atoms with van der Waals surface area (Å²) >= 11 is 0. The summed E-state index contributed by atoms with van der Waals surface area (Å²) in [4.78, 5) is 37.0. The third kappa shape index (κ3) is 5.44. The van der Waals surface area contributed by atoms with E-state index >= 15 is 0 Å². The van der Waals surface area contributed by atoms with Gasteiger partial charge in [0.15, 0.2) is 0 Å². The van der Waals surface area contributed by atoms with Crippen molar-refractivity contribution < 1.29 is 14.0 Å². The molecule has 2 N–H and O–H groups in total. The van der Waals surface area contributed by atoms with Crippen molar-refractivity contribution in [3.63, 3.8) is 0 Å². The predicted molar refractivity (Wildman–Crippen MR) is 113 cm³/mol. The van der Waals surface area contributed by atoms with Crippen LogP contribution in [0.25, 0.3) is 0 Å². The molecular formula is C22H24FN5O3. The first-order valence-electron chi connectivity index (χ1n) is 9.75. The van der Waals surface area contributed by atoms with E-state index in [1.165, 1.54) is 35.0 Å². The molecule has 0 bridgehead atoms. The first kappa shape index (κ1) is 21.9. The number of halogens is 1. The Labute approximate surface area is 178 Å². The summed E-state index contributed by atoms with van der Waals surface area (Å²) in [6.45, 7) is 3.73. The van der Waals surface area contributed by atoms with Gasteiger partial charge in [-0.25, -0.2) is 4.39 Å². The third-order valence-electron chi connectivity index (χ3n) is 5.05. The Morgan fingerprint density at radius 2 is 1.87 bits per heavy atom. The number of hydrogen-bond donors (Lipinski definition) is 2. The Kier molecular flexibility index (Phi) is 6.64. The van der Waals surface area contributed by atoms with E-state index in [9.17, 15) is 18.8 Å². The smallest absolute Gasteiger partial charge is 0.253 e. The summed E-state index contributed by atoms with van der Waals surface area (Å²) in [6.07, 6.45) is 3.06. The van der Waals surface area contributed by atoms with Gasteiger partial charge in [0.1, 0.15) is 12.4 Å². The fraction of sp³-hybridized carbons (Fsp3) is 0.273. The van der Waals surface area contributed by atoms with E-state index in [1.807, 2.05) is 20.9 Å². The lowest BCUT2D eigenvalue weighted by Gasteiger charge is -2.14. The molecule has 1 atom stereocenters. The van der Waals surface area contributed by atoms with Gasteiger partial charge in [-0.2, -0.15) is 5.10 Å². The Morgan fingerprint density at radius 1 is 1.16 bits per heavy atom. The average molecular weight is 425 g/mol. The molecular weight excluding hydrogens is 401 g/mol. The molecule has 3 aromatic rings. The molecule has 3 rings (SSSR count).